The highest BCUT2D eigenvalue weighted by atomic mass is 16.5. The predicted molar refractivity (Wildman–Crippen MR) is 106 cm³/mol. The van der Waals surface area contributed by atoms with Crippen LogP contribution in [0.2, 0.25) is 0 Å². The highest BCUT2D eigenvalue weighted by Crippen LogP contribution is 2.43. The normalized spacial score (nSPS) is 23.1. The maximum Gasteiger partial charge on any atom is 0.0852 e. The van der Waals surface area contributed by atoms with Crippen molar-refractivity contribution in [3.63, 3.8) is 0 Å². The van der Waals surface area contributed by atoms with Gasteiger partial charge in [0, 0.05) is 20.0 Å². The number of aliphatic hydroxyl groups is 1. The molecule has 0 bridgehead atoms. The molecule has 2 aliphatic carbocycles. The third-order valence-electron chi connectivity index (χ3n) is 6.73. The van der Waals surface area contributed by atoms with Crippen LogP contribution in [0.5, 0.6) is 0 Å². The largest absolute Gasteiger partial charge is 0.389 e. The van der Waals surface area contributed by atoms with E-state index < -0.39 is 5.60 Å². The van der Waals surface area contributed by atoms with Crippen molar-refractivity contribution in [2.45, 2.75) is 64.6 Å². The van der Waals surface area contributed by atoms with E-state index >= 15 is 0 Å². The first-order valence-electron chi connectivity index (χ1n) is 9.85. The van der Waals surface area contributed by atoms with Crippen molar-refractivity contribution >= 4 is 0 Å². The van der Waals surface area contributed by atoms with E-state index in [0.717, 1.165) is 32.1 Å². The van der Waals surface area contributed by atoms with Crippen molar-refractivity contribution < 1.29 is 9.84 Å². The molecular formula is C24H30O2. The third kappa shape index (κ3) is 2.90. The second kappa shape index (κ2) is 6.51. The molecule has 2 aromatic rings. The lowest BCUT2D eigenvalue weighted by Gasteiger charge is -2.24. The summed E-state index contributed by atoms with van der Waals surface area (Å²) >= 11 is 0. The van der Waals surface area contributed by atoms with Crippen LogP contribution >= 0.6 is 0 Å². The summed E-state index contributed by atoms with van der Waals surface area (Å²) in [7, 11) is 1.82. The molecule has 2 aliphatic rings. The highest BCUT2D eigenvalue weighted by Gasteiger charge is 2.36. The summed E-state index contributed by atoms with van der Waals surface area (Å²) in [5.74, 6) is 0.522. The molecular weight excluding hydrogens is 320 g/mol. The van der Waals surface area contributed by atoms with Gasteiger partial charge in [0.15, 0.2) is 0 Å². The van der Waals surface area contributed by atoms with Gasteiger partial charge in [0.05, 0.1) is 11.7 Å². The minimum absolute atomic E-state index is 0.210. The van der Waals surface area contributed by atoms with Crippen LogP contribution in [0.15, 0.2) is 30.3 Å². The van der Waals surface area contributed by atoms with Crippen LogP contribution in [-0.4, -0.2) is 17.8 Å². The Hall–Kier alpha value is -1.64. The molecule has 4 rings (SSSR count). The lowest BCUT2D eigenvalue weighted by atomic mass is 9.86. The molecule has 0 aliphatic heterocycles. The second-order valence-electron chi connectivity index (χ2n) is 8.55. The van der Waals surface area contributed by atoms with E-state index in [1.807, 2.05) is 7.11 Å². The van der Waals surface area contributed by atoms with Gasteiger partial charge >= 0.3 is 0 Å². The zero-order valence-corrected chi connectivity index (χ0v) is 16.4. The Morgan fingerprint density at radius 3 is 2.42 bits per heavy atom. The van der Waals surface area contributed by atoms with Crippen LogP contribution < -0.4 is 0 Å². The Kier molecular flexibility index (Phi) is 4.45. The van der Waals surface area contributed by atoms with Gasteiger partial charge in [-0.25, -0.2) is 0 Å². The molecule has 0 fully saturated rings. The van der Waals surface area contributed by atoms with E-state index in [-0.39, 0.29) is 6.10 Å². The second-order valence-corrected chi connectivity index (χ2v) is 8.55. The van der Waals surface area contributed by atoms with Crippen LogP contribution in [-0.2, 0) is 30.4 Å². The summed E-state index contributed by atoms with van der Waals surface area (Å²) in [6, 6.07) is 10.8. The maximum atomic E-state index is 11.2. The first kappa shape index (κ1) is 17.8. The van der Waals surface area contributed by atoms with E-state index in [9.17, 15) is 5.11 Å². The van der Waals surface area contributed by atoms with Crippen molar-refractivity contribution in [3.8, 4) is 0 Å². The quantitative estimate of drug-likeness (QED) is 0.870. The van der Waals surface area contributed by atoms with Gasteiger partial charge in [0.2, 0.25) is 0 Å². The fraction of sp³-hybridized carbons (Fsp3) is 0.500. The van der Waals surface area contributed by atoms with E-state index in [2.05, 4.69) is 51.1 Å². The Morgan fingerprint density at radius 1 is 1.15 bits per heavy atom. The van der Waals surface area contributed by atoms with Gasteiger partial charge < -0.3 is 9.84 Å². The molecule has 0 aromatic heterocycles. The molecule has 2 heteroatoms. The third-order valence-corrected chi connectivity index (χ3v) is 6.73. The maximum absolute atomic E-state index is 11.2. The standard InChI is InChI=1S/C24H30O2/c1-15-11-22-21(12-16(2)23(22)26-4)20(17(15)3)9-10-24(25)13-18-7-5-6-8-19(18)14-24/h5-8,11,16,23,25H,9-10,12-14H2,1-4H3. The molecule has 0 heterocycles. The summed E-state index contributed by atoms with van der Waals surface area (Å²) in [6.07, 6.45) is 4.64. The van der Waals surface area contributed by atoms with Crippen molar-refractivity contribution in [2.24, 2.45) is 5.92 Å². The van der Waals surface area contributed by atoms with Crippen LogP contribution in [0.1, 0.15) is 58.4 Å². The van der Waals surface area contributed by atoms with Gasteiger partial charge in [-0.05, 0) is 78.0 Å². The number of fused-ring (bicyclic) bond motifs is 2. The molecule has 0 spiro atoms. The van der Waals surface area contributed by atoms with Crippen molar-refractivity contribution in [3.05, 3.63) is 69.3 Å². The molecule has 0 amide bonds. The lowest BCUT2D eigenvalue weighted by Crippen LogP contribution is -2.30. The van der Waals surface area contributed by atoms with E-state index in [4.69, 9.17) is 4.74 Å². The Morgan fingerprint density at radius 2 is 1.81 bits per heavy atom. The first-order chi connectivity index (χ1) is 12.4. The smallest absolute Gasteiger partial charge is 0.0852 e. The van der Waals surface area contributed by atoms with Crippen LogP contribution in [0.4, 0.5) is 0 Å². The number of methoxy groups -OCH3 is 1. The van der Waals surface area contributed by atoms with Gasteiger partial charge in [-0.3, -0.25) is 0 Å². The zero-order chi connectivity index (χ0) is 18.5. The first-order valence-corrected chi connectivity index (χ1v) is 9.85. The molecule has 0 radical (unpaired) electrons. The van der Waals surface area contributed by atoms with E-state index in [0.29, 0.717) is 5.92 Å². The summed E-state index contributed by atoms with van der Waals surface area (Å²) in [6.45, 7) is 6.72. The Bertz CT molecular complexity index is 811. The molecule has 2 nitrogen and oxygen atoms in total. The lowest BCUT2D eigenvalue weighted by molar-refractivity contribution is 0.0426. The minimum atomic E-state index is -0.600. The summed E-state index contributed by atoms with van der Waals surface area (Å²) < 4.78 is 5.79. The number of hydrogen-bond donors (Lipinski definition) is 1. The molecule has 26 heavy (non-hydrogen) atoms. The highest BCUT2D eigenvalue weighted by molar-refractivity contribution is 5.49. The molecule has 0 saturated heterocycles. The minimum Gasteiger partial charge on any atom is -0.389 e. The average molecular weight is 351 g/mol. The molecule has 1 N–H and O–H groups in total. The molecule has 0 saturated carbocycles. The summed E-state index contributed by atoms with van der Waals surface area (Å²) in [5, 5.41) is 11.2. The zero-order valence-electron chi connectivity index (χ0n) is 16.4. The number of benzene rings is 2. The topological polar surface area (TPSA) is 29.5 Å². The number of ether oxygens (including phenoxy) is 1. The van der Waals surface area contributed by atoms with Crippen LogP contribution in [0.3, 0.4) is 0 Å². The van der Waals surface area contributed by atoms with Gasteiger partial charge in [-0.1, -0.05) is 37.3 Å². The number of rotatable bonds is 4. The molecule has 2 aromatic carbocycles. The van der Waals surface area contributed by atoms with Gasteiger partial charge in [0.1, 0.15) is 0 Å². The number of hydrogen-bond acceptors (Lipinski definition) is 2. The van der Waals surface area contributed by atoms with Crippen molar-refractivity contribution in [1.82, 2.24) is 0 Å². The fourth-order valence-corrected chi connectivity index (χ4v) is 5.20. The van der Waals surface area contributed by atoms with Crippen LogP contribution in [0.25, 0.3) is 0 Å². The average Bonchev–Trinajstić information content (AvgIpc) is 3.10. The summed E-state index contributed by atoms with van der Waals surface area (Å²) in [5.41, 5.74) is 9.08. The fourth-order valence-electron chi connectivity index (χ4n) is 5.20. The molecule has 138 valence electrons. The SMILES string of the molecule is COC1c2cc(C)c(C)c(CCC3(O)Cc4ccccc4C3)c2CC1C. The summed E-state index contributed by atoms with van der Waals surface area (Å²) in [4.78, 5) is 0. The van der Waals surface area contributed by atoms with Crippen LogP contribution in [0, 0.1) is 19.8 Å². The monoisotopic (exact) mass is 350 g/mol. The molecule has 2 unspecified atom stereocenters. The van der Waals surface area contributed by atoms with E-state index in [1.54, 1.807) is 0 Å². The Balaban J connectivity index is 1.60. The van der Waals surface area contributed by atoms with Gasteiger partial charge in [-0.2, -0.15) is 0 Å². The van der Waals surface area contributed by atoms with E-state index in [1.165, 1.54) is 38.9 Å². The molecule has 2 atom stereocenters. The van der Waals surface area contributed by atoms with Crippen molar-refractivity contribution in [1.29, 1.82) is 0 Å². The van der Waals surface area contributed by atoms with Gasteiger partial charge in [-0.15, -0.1) is 0 Å². The van der Waals surface area contributed by atoms with Crippen molar-refractivity contribution in [2.75, 3.05) is 7.11 Å². The predicted octanol–water partition coefficient (Wildman–Crippen LogP) is 4.65. The Labute approximate surface area is 157 Å². The van der Waals surface area contributed by atoms with Gasteiger partial charge in [0.25, 0.3) is 0 Å². The number of aryl methyl sites for hydroxylation is 1.